The van der Waals surface area contributed by atoms with Crippen molar-refractivity contribution >= 4 is 5.91 Å². The van der Waals surface area contributed by atoms with Gasteiger partial charge in [-0.15, -0.1) is 0 Å². The number of primary amides is 1. The Morgan fingerprint density at radius 2 is 1.95 bits per heavy atom. The molecule has 0 heterocycles. The van der Waals surface area contributed by atoms with Gasteiger partial charge in [-0.25, -0.2) is 0 Å². The molecule has 4 nitrogen and oxygen atoms in total. The molecule has 1 fully saturated rings. The summed E-state index contributed by atoms with van der Waals surface area (Å²) in [4.78, 5) is 13.4. The molecular formula is C16H25N3O. The first-order valence-corrected chi connectivity index (χ1v) is 7.46. The smallest absolute Gasteiger partial charge is 0.248 e. The summed E-state index contributed by atoms with van der Waals surface area (Å²) in [5.74, 6) is -0.373. The van der Waals surface area contributed by atoms with Gasteiger partial charge in [0, 0.05) is 31.2 Å². The van der Waals surface area contributed by atoms with Crippen LogP contribution in [0.3, 0.4) is 0 Å². The van der Waals surface area contributed by atoms with Gasteiger partial charge < -0.3 is 16.0 Å². The molecule has 0 bridgehead atoms. The lowest BCUT2D eigenvalue weighted by Gasteiger charge is -2.23. The Labute approximate surface area is 121 Å². The Balaban J connectivity index is 1.66. The van der Waals surface area contributed by atoms with Crippen molar-refractivity contribution in [3.8, 4) is 0 Å². The molecular weight excluding hydrogens is 250 g/mol. The van der Waals surface area contributed by atoms with E-state index < -0.39 is 0 Å². The highest BCUT2D eigenvalue weighted by atomic mass is 16.1. The summed E-state index contributed by atoms with van der Waals surface area (Å²) >= 11 is 0. The predicted molar refractivity (Wildman–Crippen MR) is 81.6 cm³/mol. The predicted octanol–water partition coefficient (Wildman–Crippen LogP) is 1.75. The summed E-state index contributed by atoms with van der Waals surface area (Å²) in [6.45, 7) is 2.91. The van der Waals surface area contributed by atoms with Crippen molar-refractivity contribution in [2.24, 2.45) is 5.73 Å². The molecule has 1 aliphatic carbocycles. The Kier molecular flexibility index (Phi) is 5.56. The van der Waals surface area contributed by atoms with Gasteiger partial charge in [0.05, 0.1) is 0 Å². The number of nitrogens with one attached hydrogen (secondary N) is 1. The normalized spacial score (nSPS) is 15.9. The van der Waals surface area contributed by atoms with Gasteiger partial charge in [-0.3, -0.25) is 4.79 Å². The molecule has 2 rings (SSSR count). The molecule has 0 aliphatic heterocycles. The van der Waals surface area contributed by atoms with Gasteiger partial charge >= 0.3 is 0 Å². The second-order valence-electron chi connectivity index (χ2n) is 5.66. The van der Waals surface area contributed by atoms with Gasteiger partial charge in [0.25, 0.3) is 0 Å². The minimum absolute atomic E-state index is 0.373. The monoisotopic (exact) mass is 275 g/mol. The van der Waals surface area contributed by atoms with Crippen molar-refractivity contribution in [2.75, 3.05) is 20.1 Å². The second kappa shape index (κ2) is 7.41. The molecule has 1 aliphatic rings. The molecule has 0 atom stereocenters. The zero-order valence-corrected chi connectivity index (χ0v) is 12.3. The molecule has 0 unspecified atom stereocenters. The SMILES string of the molecule is CN(CCNCc1ccc(C(N)=O)cc1)C1CCCC1. The fourth-order valence-corrected chi connectivity index (χ4v) is 2.80. The average Bonchev–Trinajstić information content (AvgIpc) is 2.98. The van der Waals surface area contributed by atoms with E-state index in [1.165, 1.54) is 31.2 Å². The zero-order chi connectivity index (χ0) is 14.4. The molecule has 1 aromatic carbocycles. The van der Waals surface area contributed by atoms with Crippen LogP contribution in [0.1, 0.15) is 41.6 Å². The highest BCUT2D eigenvalue weighted by molar-refractivity contribution is 5.92. The Hall–Kier alpha value is -1.39. The third kappa shape index (κ3) is 4.32. The van der Waals surface area contributed by atoms with E-state index in [0.29, 0.717) is 5.56 Å². The van der Waals surface area contributed by atoms with Crippen LogP contribution in [-0.2, 0) is 6.54 Å². The lowest BCUT2D eigenvalue weighted by molar-refractivity contribution is 0.100. The number of carbonyl (C=O) groups is 1. The van der Waals surface area contributed by atoms with E-state index in [1.54, 1.807) is 12.1 Å². The zero-order valence-electron chi connectivity index (χ0n) is 12.3. The van der Waals surface area contributed by atoms with Gasteiger partial charge in [0.2, 0.25) is 5.91 Å². The number of hydrogen-bond donors (Lipinski definition) is 2. The number of carbonyl (C=O) groups excluding carboxylic acids is 1. The van der Waals surface area contributed by atoms with E-state index in [-0.39, 0.29) is 5.91 Å². The molecule has 0 spiro atoms. The molecule has 0 aromatic heterocycles. The molecule has 110 valence electrons. The third-order valence-corrected chi connectivity index (χ3v) is 4.16. The van der Waals surface area contributed by atoms with E-state index in [9.17, 15) is 4.79 Å². The van der Waals surface area contributed by atoms with Gasteiger partial charge in [0.15, 0.2) is 0 Å². The molecule has 0 saturated heterocycles. The molecule has 0 radical (unpaired) electrons. The fraction of sp³-hybridized carbons (Fsp3) is 0.562. The second-order valence-corrected chi connectivity index (χ2v) is 5.66. The summed E-state index contributed by atoms with van der Waals surface area (Å²) in [5, 5.41) is 3.45. The number of amides is 1. The van der Waals surface area contributed by atoms with Crippen LogP contribution in [0.15, 0.2) is 24.3 Å². The van der Waals surface area contributed by atoms with Crippen LogP contribution in [0.5, 0.6) is 0 Å². The largest absolute Gasteiger partial charge is 0.366 e. The van der Waals surface area contributed by atoms with E-state index in [0.717, 1.165) is 25.7 Å². The van der Waals surface area contributed by atoms with Crippen LogP contribution in [0.4, 0.5) is 0 Å². The number of nitrogens with two attached hydrogens (primary N) is 1. The summed E-state index contributed by atoms with van der Waals surface area (Å²) in [5.41, 5.74) is 6.96. The molecule has 1 aromatic rings. The lowest BCUT2D eigenvalue weighted by atomic mass is 10.1. The first-order valence-electron chi connectivity index (χ1n) is 7.46. The summed E-state index contributed by atoms with van der Waals surface area (Å²) in [6.07, 6.45) is 5.47. The maximum absolute atomic E-state index is 11.0. The summed E-state index contributed by atoms with van der Waals surface area (Å²) in [7, 11) is 2.22. The van der Waals surface area contributed by atoms with Gasteiger partial charge in [-0.1, -0.05) is 25.0 Å². The first kappa shape index (κ1) is 15.0. The third-order valence-electron chi connectivity index (χ3n) is 4.16. The van der Waals surface area contributed by atoms with Crippen LogP contribution in [-0.4, -0.2) is 37.0 Å². The number of hydrogen-bond acceptors (Lipinski definition) is 3. The highest BCUT2D eigenvalue weighted by Crippen LogP contribution is 2.21. The molecule has 1 amide bonds. The minimum Gasteiger partial charge on any atom is -0.366 e. The maximum Gasteiger partial charge on any atom is 0.248 e. The van der Waals surface area contributed by atoms with Crippen molar-refractivity contribution in [3.05, 3.63) is 35.4 Å². The Morgan fingerprint density at radius 1 is 1.30 bits per heavy atom. The Bertz CT molecular complexity index is 424. The number of benzene rings is 1. The quantitative estimate of drug-likeness (QED) is 0.745. The van der Waals surface area contributed by atoms with Crippen LogP contribution in [0.25, 0.3) is 0 Å². The van der Waals surface area contributed by atoms with E-state index in [2.05, 4.69) is 17.3 Å². The first-order chi connectivity index (χ1) is 9.66. The lowest BCUT2D eigenvalue weighted by Crippen LogP contribution is -2.35. The van der Waals surface area contributed by atoms with Crippen molar-refractivity contribution < 1.29 is 4.79 Å². The summed E-state index contributed by atoms with van der Waals surface area (Å²) < 4.78 is 0. The minimum atomic E-state index is -0.373. The summed E-state index contributed by atoms with van der Waals surface area (Å²) in [6, 6.07) is 8.25. The van der Waals surface area contributed by atoms with Gasteiger partial charge in [-0.05, 0) is 37.6 Å². The average molecular weight is 275 g/mol. The van der Waals surface area contributed by atoms with E-state index >= 15 is 0 Å². The van der Waals surface area contributed by atoms with E-state index in [1.807, 2.05) is 12.1 Å². The molecule has 1 saturated carbocycles. The molecule has 20 heavy (non-hydrogen) atoms. The fourth-order valence-electron chi connectivity index (χ4n) is 2.80. The highest BCUT2D eigenvalue weighted by Gasteiger charge is 2.18. The van der Waals surface area contributed by atoms with Crippen molar-refractivity contribution in [2.45, 2.75) is 38.3 Å². The van der Waals surface area contributed by atoms with Crippen molar-refractivity contribution in [1.82, 2.24) is 10.2 Å². The van der Waals surface area contributed by atoms with Crippen LogP contribution in [0, 0.1) is 0 Å². The van der Waals surface area contributed by atoms with Crippen molar-refractivity contribution in [1.29, 1.82) is 0 Å². The number of likely N-dealkylation sites (N-methyl/N-ethyl adjacent to an activating group) is 1. The van der Waals surface area contributed by atoms with Crippen LogP contribution < -0.4 is 11.1 Å². The van der Waals surface area contributed by atoms with Crippen LogP contribution >= 0.6 is 0 Å². The van der Waals surface area contributed by atoms with Gasteiger partial charge in [0.1, 0.15) is 0 Å². The maximum atomic E-state index is 11.0. The Morgan fingerprint density at radius 3 is 2.55 bits per heavy atom. The molecule has 3 N–H and O–H groups in total. The van der Waals surface area contributed by atoms with Crippen molar-refractivity contribution in [3.63, 3.8) is 0 Å². The number of rotatable bonds is 7. The van der Waals surface area contributed by atoms with Gasteiger partial charge in [-0.2, -0.15) is 0 Å². The standard InChI is InChI=1S/C16H25N3O/c1-19(15-4-2-3-5-15)11-10-18-12-13-6-8-14(9-7-13)16(17)20/h6-9,15,18H,2-5,10-12H2,1H3,(H2,17,20). The van der Waals surface area contributed by atoms with Crippen LogP contribution in [0.2, 0.25) is 0 Å². The van der Waals surface area contributed by atoms with E-state index in [4.69, 9.17) is 5.73 Å². The molecule has 4 heteroatoms. The number of nitrogens with zero attached hydrogens (tertiary/aromatic N) is 1. The topological polar surface area (TPSA) is 58.4 Å².